The number of carbonyl (C=O) groups is 1. The summed E-state index contributed by atoms with van der Waals surface area (Å²) in [5.74, 6) is 0.400. The van der Waals surface area contributed by atoms with Gasteiger partial charge in [0.1, 0.15) is 18.0 Å². The van der Waals surface area contributed by atoms with E-state index in [1.54, 1.807) is 48.6 Å². The van der Waals surface area contributed by atoms with E-state index in [0.29, 0.717) is 51.8 Å². The van der Waals surface area contributed by atoms with Gasteiger partial charge in [-0.1, -0.05) is 23.7 Å². The van der Waals surface area contributed by atoms with Crippen LogP contribution in [-0.4, -0.2) is 61.5 Å². The van der Waals surface area contributed by atoms with E-state index in [9.17, 15) is 9.59 Å². The Morgan fingerprint density at radius 3 is 2.60 bits per heavy atom. The fourth-order valence-corrected chi connectivity index (χ4v) is 4.51. The zero-order chi connectivity index (χ0) is 24.5. The molecule has 9 nitrogen and oxygen atoms in total. The van der Waals surface area contributed by atoms with Gasteiger partial charge in [-0.3, -0.25) is 19.1 Å². The summed E-state index contributed by atoms with van der Waals surface area (Å²) in [6.07, 6.45) is 5.02. The highest BCUT2D eigenvalue weighted by Gasteiger charge is 2.21. The molecule has 4 heterocycles. The number of carbonyl (C=O) groups excluding carboxylic acids is 1. The molecule has 1 fully saturated rings. The first-order chi connectivity index (χ1) is 16.9. The minimum Gasteiger partial charge on any atom is -0.339 e. The third-order valence-corrected chi connectivity index (χ3v) is 6.33. The molecule has 0 bridgehead atoms. The topological polar surface area (TPSA) is 106 Å². The minimum atomic E-state index is -0.330. The van der Waals surface area contributed by atoms with Crippen LogP contribution in [0.4, 0.5) is 0 Å². The van der Waals surface area contributed by atoms with Crippen LogP contribution in [0.3, 0.4) is 0 Å². The maximum atomic E-state index is 13.7. The Bertz CT molecular complexity index is 1500. The first-order valence-corrected chi connectivity index (χ1v) is 11.7. The van der Waals surface area contributed by atoms with Gasteiger partial charge in [0.05, 0.1) is 17.6 Å². The average Bonchev–Trinajstić information content (AvgIpc) is 2.86. The predicted octanol–water partition coefficient (Wildman–Crippen LogP) is 2.62. The summed E-state index contributed by atoms with van der Waals surface area (Å²) in [5, 5.41) is 4.29. The van der Waals surface area contributed by atoms with E-state index >= 15 is 0 Å². The van der Waals surface area contributed by atoms with Crippen LogP contribution in [0, 0.1) is 13.8 Å². The van der Waals surface area contributed by atoms with E-state index < -0.39 is 0 Å². The number of aryl methyl sites for hydroxylation is 2. The van der Waals surface area contributed by atoms with Gasteiger partial charge in [0.15, 0.2) is 0 Å². The number of pyridine rings is 1. The summed E-state index contributed by atoms with van der Waals surface area (Å²) in [5.41, 5.74) is 3.33. The molecule has 1 aromatic carbocycles. The standard InChI is InChI=1S/C25H24ClN7O2/c1-15-11-28-13-22(30-15)17-3-4-19(21(26)10-17)20-9-18-12-29-16(2)31-24(18)33(25(20)35)14-23(34)32-7-5-27-6-8-32/h3-4,9-13,27H,5-8,14H2,1-2H3. The lowest BCUT2D eigenvalue weighted by Crippen LogP contribution is -2.48. The Morgan fingerprint density at radius 2 is 1.86 bits per heavy atom. The lowest BCUT2D eigenvalue weighted by atomic mass is 10.0. The van der Waals surface area contributed by atoms with Crippen molar-refractivity contribution in [2.75, 3.05) is 26.2 Å². The summed E-state index contributed by atoms with van der Waals surface area (Å²) in [6, 6.07) is 7.15. The molecule has 1 saturated heterocycles. The van der Waals surface area contributed by atoms with Crippen LogP contribution in [0.2, 0.25) is 5.02 Å². The minimum absolute atomic E-state index is 0.103. The van der Waals surface area contributed by atoms with E-state index in [1.165, 1.54) is 4.57 Å². The normalized spacial score (nSPS) is 13.9. The quantitative estimate of drug-likeness (QED) is 0.469. The van der Waals surface area contributed by atoms with Gasteiger partial charge in [0.2, 0.25) is 5.91 Å². The number of fused-ring (bicyclic) bond motifs is 1. The van der Waals surface area contributed by atoms with E-state index in [2.05, 4.69) is 25.3 Å². The van der Waals surface area contributed by atoms with E-state index in [4.69, 9.17) is 11.6 Å². The molecule has 0 aliphatic carbocycles. The third kappa shape index (κ3) is 4.65. The van der Waals surface area contributed by atoms with Crippen molar-refractivity contribution in [1.29, 1.82) is 0 Å². The number of amides is 1. The summed E-state index contributed by atoms with van der Waals surface area (Å²) in [4.78, 5) is 46.0. The van der Waals surface area contributed by atoms with Crippen LogP contribution in [0.15, 0.2) is 47.7 Å². The molecule has 0 saturated carbocycles. The molecule has 178 valence electrons. The molecule has 4 aromatic rings. The molecule has 1 amide bonds. The van der Waals surface area contributed by atoms with Crippen LogP contribution in [-0.2, 0) is 11.3 Å². The van der Waals surface area contributed by atoms with Crippen molar-refractivity contribution in [3.63, 3.8) is 0 Å². The SMILES string of the molecule is Cc1cncc(-c2ccc(-c3cc4cnc(C)nc4n(CC(=O)N4CCNCC4)c3=O)c(Cl)c2)n1. The van der Waals surface area contributed by atoms with Crippen LogP contribution in [0.25, 0.3) is 33.4 Å². The predicted molar refractivity (Wildman–Crippen MR) is 134 cm³/mol. The molecule has 1 aliphatic rings. The van der Waals surface area contributed by atoms with Gasteiger partial charge < -0.3 is 10.2 Å². The number of halogens is 1. The van der Waals surface area contributed by atoms with Crippen LogP contribution in [0.1, 0.15) is 11.5 Å². The van der Waals surface area contributed by atoms with Gasteiger partial charge in [0, 0.05) is 65.7 Å². The average molecular weight is 490 g/mol. The van der Waals surface area contributed by atoms with Crippen LogP contribution >= 0.6 is 11.6 Å². The number of aromatic nitrogens is 5. The fourth-order valence-electron chi connectivity index (χ4n) is 4.23. The van der Waals surface area contributed by atoms with Crippen molar-refractivity contribution in [3.05, 3.63) is 69.8 Å². The monoisotopic (exact) mass is 489 g/mol. The Morgan fingerprint density at radius 1 is 1.06 bits per heavy atom. The Balaban J connectivity index is 1.60. The summed E-state index contributed by atoms with van der Waals surface area (Å²) in [6.45, 7) is 6.20. The van der Waals surface area contributed by atoms with Gasteiger partial charge in [-0.05, 0) is 26.0 Å². The van der Waals surface area contributed by atoms with Crippen molar-refractivity contribution >= 4 is 28.5 Å². The third-order valence-electron chi connectivity index (χ3n) is 6.02. The molecule has 10 heteroatoms. The van der Waals surface area contributed by atoms with E-state index in [-0.39, 0.29) is 18.0 Å². The number of piperazine rings is 1. The van der Waals surface area contributed by atoms with Gasteiger partial charge in [-0.15, -0.1) is 0 Å². The number of rotatable bonds is 4. The Hall–Kier alpha value is -3.69. The molecule has 0 radical (unpaired) electrons. The molecule has 5 rings (SSSR count). The molecule has 3 aromatic heterocycles. The molecule has 35 heavy (non-hydrogen) atoms. The smallest absolute Gasteiger partial charge is 0.260 e. The number of hydrogen-bond acceptors (Lipinski definition) is 7. The first-order valence-electron chi connectivity index (χ1n) is 11.4. The maximum Gasteiger partial charge on any atom is 0.260 e. The van der Waals surface area contributed by atoms with Crippen LogP contribution < -0.4 is 10.9 Å². The number of nitrogens with one attached hydrogen (secondary N) is 1. The highest BCUT2D eigenvalue weighted by atomic mass is 35.5. The Kier molecular flexibility index (Phi) is 6.27. The van der Waals surface area contributed by atoms with Gasteiger partial charge in [0.25, 0.3) is 5.56 Å². The van der Waals surface area contributed by atoms with Crippen molar-refractivity contribution in [3.8, 4) is 22.4 Å². The molecular formula is C25H24ClN7O2. The zero-order valence-corrected chi connectivity index (χ0v) is 20.2. The second-order valence-electron chi connectivity index (χ2n) is 8.52. The van der Waals surface area contributed by atoms with Crippen molar-refractivity contribution in [2.24, 2.45) is 0 Å². The molecule has 0 unspecified atom stereocenters. The molecule has 1 N–H and O–H groups in total. The summed E-state index contributed by atoms with van der Waals surface area (Å²) >= 11 is 6.67. The summed E-state index contributed by atoms with van der Waals surface area (Å²) < 4.78 is 1.43. The molecule has 0 atom stereocenters. The molecular weight excluding hydrogens is 466 g/mol. The first kappa shape index (κ1) is 23.1. The Labute approximate surface area is 206 Å². The van der Waals surface area contributed by atoms with Crippen molar-refractivity contribution in [2.45, 2.75) is 20.4 Å². The lowest BCUT2D eigenvalue weighted by molar-refractivity contribution is -0.132. The zero-order valence-electron chi connectivity index (χ0n) is 19.5. The van der Waals surface area contributed by atoms with Crippen molar-refractivity contribution < 1.29 is 4.79 Å². The highest BCUT2D eigenvalue weighted by molar-refractivity contribution is 6.33. The van der Waals surface area contributed by atoms with Crippen LogP contribution in [0.5, 0.6) is 0 Å². The van der Waals surface area contributed by atoms with Gasteiger partial charge in [-0.2, -0.15) is 0 Å². The number of nitrogens with zero attached hydrogens (tertiary/aromatic N) is 6. The fraction of sp³-hybridized carbons (Fsp3) is 0.280. The summed E-state index contributed by atoms with van der Waals surface area (Å²) in [7, 11) is 0. The van der Waals surface area contributed by atoms with Crippen molar-refractivity contribution in [1.82, 2.24) is 34.7 Å². The van der Waals surface area contributed by atoms with E-state index in [0.717, 1.165) is 24.3 Å². The second-order valence-corrected chi connectivity index (χ2v) is 8.92. The maximum absolute atomic E-state index is 13.7. The molecule has 0 spiro atoms. The van der Waals surface area contributed by atoms with Gasteiger partial charge in [-0.25, -0.2) is 15.0 Å². The number of benzene rings is 1. The molecule has 1 aliphatic heterocycles. The number of hydrogen-bond donors (Lipinski definition) is 1. The lowest BCUT2D eigenvalue weighted by Gasteiger charge is -2.27. The van der Waals surface area contributed by atoms with E-state index in [1.807, 2.05) is 13.0 Å². The van der Waals surface area contributed by atoms with Gasteiger partial charge >= 0.3 is 0 Å². The second kappa shape index (κ2) is 9.52. The largest absolute Gasteiger partial charge is 0.339 e. The highest BCUT2D eigenvalue weighted by Crippen LogP contribution is 2.31.